The minimum absolute atomic E-state index is 0.324. The van der Waals surface area contributed by atoms with Crippen molar-refractivity contribution in [2.24, 2.45) is 0 Å². The fourth-order valence-electron chi connectivity index (χ4n) is 1.99. The lowest BCUT2D eigenvalue weighted by Crippen LogP contribution is -2.14. The van der Waals surface area contributed by atoms with Crippen LogP contribution in [-0.2, 0) is 9.09 Å². The molecule has 2 aromatic carbocycles. The van der Waals surface area contributed by atoms with Gasteiger partial charge >= 0.3 is 8.25 Å². The van der Waals surface area contributed by atoms with Crippen LogP contribution in [0.2, 0.25) is 0 Å². The van der Waals surface area contributed by atoms with E-state index in [9.17, 15) is 4.57 Å². The Balaban J connectivity index is 2.07. The van der Waals surface area contributed by atoms with Crippen molar-refractivity contribution in [3.63, 3.8) is 0 Å². The van der Waals surface area contributed by atoms with E-state index in [0.717, 1.165) is 12.6 Å². The third-order valence-electron chi connectivity index (χ3n) is 2.86. The summed E-state index contributed by atoms with van der Waals surface area (Å²) in [6.45, 7) is 0.324. The van der Waals surface area contributed by atoms with Crippen LogP contribution in [-0.4, -0.2) is 17.7 Å². The van der Waals surface area contributed by atoms with Gasteiger partial charge in [-0.05, 0) is 31.1 Å². The Morgan fingerprint density at radius 2 is 1.45 bits per heavy atom. The molecule has 0 aliphatic carbocycles. The van der Waals surface area contributed by atoms with Crippen molar-refractivity contribution in [3.8, 4) is 0 Å². The molecule has 0 spiro atoms. The first-order valence-corrected chi connectivity index (χ1v) is 9.10. The Morgan fingerprint density at radius 3 is 1.90 bits per heavy atom. The van der Waals surface area contributed by atoms with Crippen molar-refractivity contribution in [2.75, 3.05) is 12.8 Å². The van der Waals surface area contributed by atoms with Crippen LogP contribution in [0.25, 0.3) is 0 Å². The van der Waals surface area contributed by atoms with Gasteiger partial charge in [-0.3, -0.25) is 0 Å². The van der Waals surface area contributed by atoms with E-state index < -0.39 is 16.2 Å². The van der Waals surface area contributed by atoms with Gasteiger partial charge in [0, 0.05) is 4.57 Å². The predicted molar refractivity (Wildman–Crippen MR) is 84.3 cm³/mol. The average molecular weight is 307 g/mol. The Kier molecular flexibility index (Phi) is 6.29. The van der Waals surface area contributed by atoms with Crippen LogP contribution in [0.15, 0.2) is 60.7 Å². The number of rotatable bonds is 7. The van der Waals surface area contributed by atoms with E-state index in [1.54, 1.807) is 0 Å². The second kappa shape index (κ2) is 8.24. The lowest BCUT2D eigenvalue weighted by atomic mass is 10.4. The molecule has 0 radical (unpaired) electrons. The van der Waals surface area contributed by atoms with E-state index in [0.29, 0.717) is 6.61 Å². The quantitative estimate of drug-likeness (QED) is 0.631. The first-order chi connectivity index (χ1) is 9.77. The summed E-state index contributed by atoms with van der Waals surface area (Å²) in [4.78, 5) is 8.64. The van der Waals surface area contributed by atoms with Gasteiger partial charge in [0.1, 0.15) is 6.61 Å². The van der Waals surface area contributed by atoms with E-state index in [1.807, 2.05) is 12.1 Å². The van der Waals surface area contributed by atoms with Crippen molar-refractivity contribution >= 4 is 26.8 Å². The zero-order valence-electron chi connectivity index (χ0n) is 11.1. The zero-order chi connectivity index (χ0) is 14.2. The van der Waals surface area contributed by atoms with Gasteiger partial charge in [-0.15, -0.1) is 9.42 Å². The predicted octanol–water partition coefficient (Wildman–Crippen LogP) is 3.18. The van der Waals surface area contributed by atoms with Gasteiger partial charge < -0.3 is 0 Å². The molecule has 3 nitrogen and oxygen atoms in total. The highest BCUT2D eigenvalue weighted by Crippen LogP contribution is 2.34. The largest absolute Gasteiger partial charge is 0.694 e. The molecule has 1 N–H and O–H groups in total. The van der Waals surface area contributed by atoms with Gasteiger partial charge in [-0.25, -0.2) is 0 Å². The molecular weight excluding hydrogens is 290 g/mol. The van der Waals surface area contributed by atoms with E-state index in [4.69, 9.17) is 9.42 Å². The first-order valence-electron chi connectivity index (χ1n) is 6.44. The normalized spacial score (nSPS) is 11.6. The summed E-state index contributed by atoms with van der Waals surface area (Å²) in [5.74, 6) is 0. The van der Waals surface area contributed by atoms with Crippen molar-refractivity contribution in [1.82, 2.24) is 0 Å². The molecule has 0 aromatic heterocycles. The molecule has 0 heterocycles. The van der Waals surface area contributed by atoms with Crippen LogP contribution >= 0.6 is 16.2 Å². The molecule has 0 aliphatic rings. The molecule has 1 atom stereocenters. The number of hydrogen-bond acceptors (Lipinski definition) is 2. The van der Waals surface area contributed by atoms with Gasteiger partial charge in [-0.1, -0.05) is 60.7 Å². The second-order valence-corrected chi connectivity index (χ2v) is 7.32. The van der Waals surface area contributed by atoms with Crippen molar-refractivity contribution in [1.29, 1.82) is 0 Å². The van der Waals surface area contributed by atoms with Crippen LogP contribution in [0.1, 0.15) is 6.42 Å². The molecule has 0 bridgehead atoms. The van der Waals surface area contributed by atoms with Gasteiger partial charge in [0.05, 0.1) is 0 Å². The molecular formula is C15H17O3P2+. The van der Waals surface area contributed by atoms with Crippen LogP contribution in [0.5, 0.6) is 0 Å². The van der Waals surface area contributed by atoms with E-state index in [-0.39, 0.29) is 0 Å². The molecule has 0 saturated carbocycles. The summed E-state index contributed by atoms with van der Waals surface area (Å²) in [7, 11) is -2.92. The standard InChI is InChI=1S/C15H16O3P2/c16-20(17)18-12-7-13-19(14-8-3-1-4-9-14)15-10-5-2-6-11-15/h1-6,8-11H,7,12-13H2/p+1. The number of benzene rings is 2. The minimum Gasteiger partial charge on any atom is -0.133 e. The van der Waals surface area contributed by atoms with Gasteiger partial charge in [0.25, 0.3) is 0 Å². The van der Waals surface area contributed by atoms with Crippen molar-refractivity contribution < 1.29 is 14.0 Å². The van der Waals surface area contributed by atoms with Crippen LogP contribution in [0.4, 0.5) is 0 Å². The molecule has 2 rings (SSSR count). The summed E-state index contributed by atoms with van der Waals surface area (Å²) in [5, 5.41) is 2.64. The fourth-order valence-corrected chi connectivity index (χ4v) is 4.60. The lowest BCUT2D eigenvalue weighted by Gasteiger charge is -2.18. The highest BCUT2D eigenvalue weighted by Gasteiger charge is 2.15. The maximum atomic E-state index is 10.5. The summed E-state index contributed by atoms with van der Waals surface area (Å²) in [5.41, 5.74) is 0. The molecule has 104 valence electrons. The smallest absolute Gasteiger partial charge is 0.133 e. The average Bonchev–Trinajstić information content (AvgIpc) is 2.49. The lowest BCUT2D eigenvalue weighted by molar-refractivity contribution is 0.283. The Hall–Kier alpha value is -1.11. The van der Waals surface area contributed by atoms with Crippen LogP contribution in [0, 0.1) is 0 Å². The molecule has 0 fully saturated rings. The van der Waals surface area contributed by atoms with Crippen molar-refractivity contribution in [2.45, 2.75) is 6.42 Å². The maximum Gasteiger partial charge on any atom is 0.694 e. The highest BCUT2D eigenvalue weighted by atomic mass is 31.1. The Bertz CT molecular complexity index is 492. The minimum atomic E-state index is -2.48. The summed E-state index contributed by atoms with van der Waals surface area (Å²) < 4.78 is 15.3. The molecule has 0 amide bonds. The van der Waals surface area contributed by atoms with Gasteiger partial charge in [0.15, 0.2) is 0 Å². The molecule has 5 heteroatoms. The maximum absolute atomic E-state index is 10.5. The van der Waals surface area contributed by atoms with E-state index in [2.05, 4.69) is 48.5 Å². The Morgan fingerprint density at radius 1 is 0.950 bits per heavy atom. The monoisotopic (exact) mass is 307 g/mol. The van der Waals surface area contributed by atoms with Gasteiger partial charge in [-0.2, -0.15) is 0 Å². The van der Waals surface area contributed by atoms with E-state index in [1.165, 1.54) is 10.6 Å². The van der Waals surface area contributed by atoms with Gasteiger partial charge in [0.2, 0.25) is 0 Å². The van der Waals surface area contributed by atoms with Crippen molar-refractivity contribution in [3.05, 3.63) is 60.7 Å². The fraction of sp³-hybridized carbons (Fsp3) is 0.200. The molecule has 20 heavy (non-hydrogen) atoms. The SMILES string of the molecule is O=[P+](O)OCCCP(c1ccccc1)c1ccccc1. The Labute approximate surface area is 121 Å². The number of hydrogen-bond donors (Lipinski definition) is 1. The molecule has 0 saturated heterocycles. The van der Waals surface area contributed by atoms with Crippen LogP contribution in [0.3, 0.4) is 0 Å². The zero-order valence-corrected chi connectivity index (χ0v) is 12.8. The third kappa shape index (κ3) is 4.77. The molecule has 2 aromatic rings. The van der Waals surface area contributed by atoms with Crippen LogP contribution < -0.4 is 10.6 Å². The third-order valence-corrected chi connectivity index (χ3v) is 5.87. The van der Waals surface area contributed by atoms with E-state index >= 15 is 0 Å². The highest BCUT2D eigenvalue weighted by molar-refractivity contribution is 7.73. The first kappa shape index (κ1) is 15.3. The summed E-state index contributed by atoms with van der Waals surface area (Å²) >= 11 is 0. The topological polar surface area (TPSA) is 46.5 Å². The summed E-state index contributed by atoms with van der Waals surface area (Å²) in [6, 6.07) is 20.8. The summed E-state index contributed by atoms with van der Waals surface area (Å²) in [6.07, 6.45) is 1.73. The second-order valence-electron chi connectivity index (χ2n) is 4.25. The molecule has 1 unspecified atom stereocenters. The molecule has 0 aliphatic heterocycles.